The van der Waals surface area contributed by atoms with Crippen molar-refractivity contribution in [2.45, 2.75) is 12.5 Å². The normalized spacial score (nSPS) is 18.8. The highest BCUT2D eigenvalue weighted by Crippen LogP contribution is 2.38. The lowest BCUT2D eigenvalue weighted by Gasteiger charge is -2.25. The van der Waals surface area contributed by atoms with Gasteiger partial charge in [-0.1, -0.05) is 54.6 Å². The van der Waals surface area contributed by atoms with Gasteiger partial charge in [0.15, 0.2) is 17.3 Å². The average Bonchev–Trinajstić information content (AvgIpc) is 3.34. The number of rotatable bonds is 5. The number of ketones is 1. The molecule has 3 amide bonds. The third kappa shape index (κ3) is 3.56. The molecule has 2 aliphatic rings. The van der Waals surface area contributed by atoms with Gasteiger partial charge in [-0.25, -0.2) is 4.79 Å². The second-order valence-electron chi connectivity index (χ2n) is 9.39. The summed E-state index contributed by atoms with van der Waals surface area (Å²) >= 11 is 0. The molecule has 0 aliphatic carbocycles. The van der Waals surface area contributed by atoms with Crippen molar-refractivity contribution in [3.8, 4) is 22.8 Å². The lowest BCUT2D eigenvalue weighted by Crippen LogP contribution is -2.41. The average molecular weight is 496 g/mol. The zero-order valence-electron chi connectivity index (χ0n) is 20.5. The maximum Gasteiger partial charge on any atom is 0.325 e. The minimum Gasteiger partial charge on any atom is -0.486 e. The molecule has 2 aliphatic heterocycles. The molecule has 1 N–H and O–H groups in total. The van der Waals surface area contributed by atoms with Crippen LogP contribution in [0.25, 0.3) is 22.2 Å². The van der Waals surface area contributed by atoms with Gasteiger partial charge >= 0.3 is 6.03 Å². The molecule has 0 saturated carbocycles. The summed E-state index contributed by atoms with van der Waals surface area (Å²) < 4.78 is 13.2. The minimum atomic E-state index is -1.34. The Morgan fingerprint density at radius 1 is 0.946 bits per heavy atom. The number of Topliss-reactive ketones (excluding diaryl/α,β-unsaturated/α-hetero) is 1. The van der Waals surface area contributed by atoms with Crippen molar-refractivity contribution in [2.75, 3.05) is 19.8 Å². The molecule has 0 radical (unpaired) electrons. The summed E-state index contributed by atoms with van der Waals surface area (Å²) in [6, 6.07) is 21.8. The van der Waals surface area contributed by atoms with Gasteiger partial charge in [0, 0.05) is 18.0 Å². The maximum atomic E-state index is 13.8. The van der Waals surface area contributed by atoms with E-state index in [2.05, 4.69) is 5.32 Å². The van der Waals surface area contributed by atoms with Crippen molar-refractivity contribution < 1.29 is 23.9 Å². The lowest BCUT2D eigenvalue weighted by atomic mass is 9.91. The van der Waals surface area contributed by atoms with Crippen molar-refractivity contribution in [1.82, 2.24) is 14.8 Å². The topological polar surface area (TPSA) is 89.9 Å². The van der Waals surface area contributed by atoms with Crippen LogP contribution < -0.4 is 14.8 Å². The Morgan fingerprint density at radius 2 is 1.65 bits per heavy atom. The zero-order chi connectivity index (χ0) is 25.7. The number of urea groups is 1. The number of ether oxygens (including phenoxy) is 2. The van der Waals surface area contributed by atoms with Gasteiger partial charge in [-0.3, -0.25) is 14.5 Å². The Balaban J connectivity index is 1.36. The van der Waals surface area contributed by atoms with Gasteiger partial charge in [0.05, 0.1) is 17.8 Å². The van der Waals surface area contributed by atoms with Crippen molar-refractivity contribution in [3.05, 3.63) is 83.9 Å². The van der Waals surface area contributed by atoms with Crippen LogP contribution in [0.15, 0.2) is 72.8 Å². The molecule has 8 heteroatoms. The van der Waals surface area contributed by atoms with Crippen LogP contribution in [-0.2, 0) is 17.4 Å². The number of nitrogens with zero attached hydrogens (tertiary/aromatic N) is 2. The number of aryl methyl sites for hydroxylation is 1. The van der Waals surface area contributed by atoms with E-state index in [0.717, 1.165) is 27.1 Å². The number of imide groups is 1. The summed E-state index contributed by atoms with van der Waals surface area (Å²) in [6.07, 6.45) is 0. The van der Waals surface area contributed by atoms with Crippen molar-refractivity contribution in [3.63, 3.8) is 0 Å². The number of nitrogens with one attached hydrogen (secondary N) is 1. The molecule has 0 unspecified atom stereocenters. The van der Waals surface area contributed by atoms with E-state index in [-0.39, 0.29) is 12.3 Å². The monoisotopic (exact) mass is 495 g/mol. The molecule has 6 rings (SSSR count). The Morgan fingerprint density at radius 3 is 2.43 bits per heavy atom. The van der Waals surface area contributed by atoms with Crippen molar-refractivity contribution in [1.29, 1.82) is 0 Å². The van der Waals surface area contributed by atoms with E-state index in [1.54, 1.807) is 25.1 Å². The van der Waals surface area contributed by atoms with Gasteiger partial charge in [-0.2, -0.15) is 0 Å². The van der Waals surface area contributed by atoms with Gasteiger partial charge in [-0.05, 0) is 36.2 Å². The van der Waals surface area contributed by atoms with Crippen LogP contribution in [0.4, 0.5) is 4.79 Å². The molecular weight excluding hydrogens is 470 g/mol. The fourth-order valence-electron chi connectivity index (χ4n) is 5.22. The van der Waals surface area contributed by atoms with Crippen LogP contribution in [0, 0.1) is 0 Å². The Bertz CT molecular complexity index is 1580. The maximum absolute atomic E-state index is 13.8. The number of para-hydroxylation sites is 1. The van der Waals surface area contributed by atoms with Gasteiger partial charge in [-0.15, -0.1) is 0 Å². The van der Waals surface area contributed by atoms with Crippen LogP contribution in [0.1, 0.15) is 22.8 Å². The molecule has 8 nitrogen and oxygen atoms in total. The SMILES string of the molecule is Cn1c(-c2ccccc2)c(C(=O)CN2C(=O)N[C@@](C)(c3ccc4c(c3)OCCO4)C2=O)c2ccccc21. The molecule has 0 bridgehead atoms. The number of benzene rings is 3. The summed E-state index contributed by atoms with van der Waals surface area (Å²) in [5.74, 6) is 0.297. The summed E-state index contributed by atoms with van der Waals surface area (Å²) in [5.41, 5.74) is 2.21. The molecular formula is C29H25N3O5. The van der Waals surface area contributed by atoms with Crippen molar-refractivity contribution in [2.24, 2.45) is 7.05 Å². The molecule has 4 aromatic rings. The van der Waals surface area contributed by atoms with Crippen molar-refractivity contribution >= 4 is 28.6 Å². The first-order chi connectivity index (χ1) is 17.9. The second kappa shape index (κ2) is 8.51. The van der Waals surface area contributed by atoms with E-state index in [4.69, 9.17) is 9.47 Å². The fraction of sp³-hybridized carbons (Fsp3) is 0.207. The highest BCUT2D eigenvalue weighted by atomic mass is 16.6. The molecule has 186 valence electrons. The smallest absolute Gasteiger partial charge is 0.325 e. The van der Waals surface area contributed by atoms with E-state index in [1.807, 2.05) is 66.2 Å². The third-order valence-corrected chi connectivity index (χ3v) is 7.13. The predicted octanol–water partition coefficient (Wildman–Crippen LogP) is 4.27. The highest BCUT2D eigenvalue weighted by Gasteiger charge is 2.50. The molecule has 0 spiro atoms. The number of carbonyl (C=O) groups is 3. The molecule has 1 aromatic heterocycles. The van der Waals surface area contributed by atoms with E-state index in [9.17, 15) is 14.4 Å². The number of aromatic nitrogens is 1. The van der Waals surface area contributed by atoms with Crippen LogP contribution in [0.5, 0.6) is 11.5 Å². The van der Waals surface area contributed by atoms with Gasteiger partial charge in [0.2, 0.25) is 0 Å². The molecule has 3 heterocycles. The first-order valence-corrected chi connectivity index (χ1v) is 12.1. The minimum absolute atomic E-state index is 0.314. The van der Waals surface area contributed by atoms with E-state index < -0.39 is 17.5 Å². The van der Waals surface area contributed by atoms with Crippen LogP contribution >= 0.6 is 0 Å². The van der Waals surface area contributed by atoms with E-state index in [1.165, 1.54) is 0 Å². The van der Waals surface area contributed by atoms with Crippen LogP contribution in [-0.4, -0.2) is 46.9 Å². The quantitative estimate of drug-likeness (QED) is 0.330. The molecule has 1 atom stereocenters. The summed E-state index contributed by atoms with van der Waals surface area (Å²) in [6.45, 7) is 2.12. The summed E-state index contributed by atoms with van der Waals surface area (Å²) in [4.78, 5) is 41.5. The largest absolute Gasteiger partial charge is 0.486 e. The number of hydrogen-bond donors (Lipinski definition) is 1. The molecule has 3 aromatic carbocycles. The molecule has 37 heavy (non-hydrogen) atoms. The number of fused-ring (bicyclic) bond motifs is 2. The van der Waals surface area contributed by atoms with Gasteiger partial charge in [0.1, 0.15) is 18.8 Å². The summed E-state index contributed by atoms with van der Waals surface area (Å²) in [7, 11) is 1.91. The number of amides is 3. The second-order valence-corrected chi connectivity index (χ2v) is 9.39. The Kier molecular flexibility index (Phi) is 5.26. The fourth-order valence-corrected chi connectivity index (χ4v) is 5.22. The Labute approximate surface area is 213 Å². The third-order valence-electron chi connectivity index (χ3n) is 7.13. The standard InChI is InChI=1S/C29H25N3O5/c1-29(19-12-13-23-24(16-19)37-15-14-36-23)27(34)32(28(35)30-29)17-22(33)25-20-10-6-7-11-21(20)31(2)26(25)18-8-4-3-5-9-18/h3-13,16H,14-15,17H2,1-2H3,(H,30,35)/t29-/m0/s1. The first kappa shape index (κ1) is 22.8. The van der Waals surface area contributed by atoms with E-state index >= 15 is 0 Å². The lowest BCUT2D eigenvalue weighted by molar-refractivity contribution is -0.130. The highest BCUT2D eigenvalue weighted by molar-refractivity contribution is 6.17. The summed E-state index contributed by atoms with van der Waals surface area (Å²) in [5, 5.41) is 3.56. The molecule has 1 fully saturated rings. The first-order valence-electron chi connectivity index (χ1n) is 12.1. The van der Waals surface area contributed by atoms with Crippen LogP contribution in [0.3, 0.4) is 0 Å². The van der Waals surface area contributed by atoms with Gasteiger partial charge in [0.25, 0.3) is 5.91 Å². The number of carbonyl (C=O) groups excluding carboxylic acids is 3. The van der Waals surface area contributed by atoms with Crippen LogP contribution in [0.2, 0.25) is 0 Å². The molecule has 1 saturated heterocycles. The van der Waals surface area contributed by atoms with Gasteiger partial charge < -0.3 is 19.4 Å². The predicted molar refractivity (Wildman–Crippen MR) is 138 cm³/mol. The zero-order valence-corrected chi connectivity index (χ0v) is 20.5. The Hall–Kier alpha value is -4.59. The number of hydrogen-bond acceptors (Lipinski definition) is 5. The van der Waals surface area contributed by atoms with E-state index in [0.29, 0.717) is 35.8 Å².